The number of methoxy groups -OCH3 is 2. The molecule has 0 spiro atoms. The van der Waals surface area contributed by atoms with Gasteiger partial charge in [0.15, 0.2) is 11.9 Å². The lowest BCUT2D eigenvalue weighted by Gasteiger charge is -2.19. The lowest BCUT2D eigenvalue weighted by atomic mass is 10.2. The summed E-state index contributed by atoms with van der Waals surface area (Å²) in [6, 6.07) is 9.35. The second kappa shape index (κ2) is 7.69. The summed E-state index contributed by atoms with van der Waals surface area (Å²) in [5.74, 6) is 0.310. The molecule has 1 atom stereocenters. The fourth-order valence-electron chi connectivity index (χ4n) is 1.90. The van der Waals surface area contributed by atoms with Crippen LogP contribution in [0.5, 0.6) is 0 Å². The van der Waals surface area contributed by atoms with Gasteiger partial charge in [0.05, 0.1) is 13.7 Å². The third kappa shape index (κ3) is 4.79. The van der Waals surface area contributed by atoms with Gasteiger partial charge in [0, 0.05) is 7.11 Å². The molecule has 0 aliphatic heterocycles. The largest absolute Gasteiger partial charge is 0.474 e. The first-order valence-corrected chi connectivity index (χ1v) is 6.96. The van der Waals surface area contributed by atoms with Crippen LogP contribution in [0, 0.1) is 0 Å². The van der Waals surface area contributed by atoms with E-state index in [-0.39, 0.29) is 12.6 Å². The smallest absolute Gasteiger partial charge is 0.330 e. The van der Waals surface area contributed by atoms with Crippen molar-refractivity contribution in [2.24, 2.45) is 0 Å². The first-order valence-electron chi connectivity index (χ1n) is 6.96. The maximum Gasteiger partial charge on any atom is 0.330 e. The number of ether oxygens (including phenoxy) is 3. The van der Waals surface area contributed by atoms with Gasteiger partial charge in [-0.1, -0.05) is 30.3 Å². The predicted octanol–water partition coefficient (Wildman–Crippen LogP) is 1.99. The van der Waals surface area contributed by atoms with Crippen LogP contribution in [0.3, 0.4) is 0 Å². The summed E-state index contributed by atoms with van der Waals surface area (Å²) >= 11 is 0. The van der Waals surface area contributed by atoms with E-state index >= 15 is 0 Å². The third-order valence-electron chi connectivity index (χ3n) is 3.17. The number of hydrogen-bond acceptors (Lipinski definition) is 5. The van der Waals surface area contributed by atoms with Crippen LogP contribution in [0.1, 0.15) is 18.4 Å². The Kier molecular flexibility index (Phi) is 5.63. The van der Waals surface area contributed by atoms with E-state index in [2.05, 4.69) is 5.32 Å². The standard InChI is InChI=1S/C16H21NO4/c1-19-11-14(16(18)20-2)17-15(13-8-9-13)21-10-12-6-4-3-5-7-12/h3-7,14,17H,8-11H2,1-2H3. The molecule has 1 aromatic rings. The number of hydrogen-bond donors (Lipinski definition) is 1. The van der Waals surface area contributed by atoms with Crippen molar-refractivity contribution >= 4 is 5.97 Å². The van der Waals surface area contributed by atoms with E-state index in [0.29, 0.717) is 12.5 Å². The molecule has 114 valence electrons. The van der Waals surface area contributed by atoms with Gasteiger partial charge in [0.2, 0.25) is 0 Å². The number of carbonyl (C=O) groups excluding carboxylic acids is 1. The molecule has 0 bridgehead atoms. The van der Waals surface area contributed by atoms with Crippen LogP contribution in [0.25, 0.3) is 0 Å². The highest BCUT2D eigenvalue weighted by atomic mass is 16.5. The average molecular weight is 291 g/mol. The number of esters is 1. The fraction of sp³-hybridized carbons (Fsp3) is 0.438. The molecule has 1 fully saturated rings. The minimum absolute atomic E-state index is 0.234. The predicted molar refractivity (Wildman–Crippen MR) is 78.3 cm³/mol. The van der Waals surface area contributed by atoms with E-state index in [1.54, 1.807) is 7.11 Å². The van der Waals surface area contributed by atoms with Crippen LogP contribution in [0.4, 0.5) is 0 Å². The number of allylic oxidation sites excluding steroid dienone is 1. The van der Waals surface area contributed by atoms with Crippen LogP contribution in [0.2, 0.25) is 0 Å². The zero-order valence-electron chi connectivity index (χ0n) is 12.4. The highest BCUT2D eigenvalue weighted by molar-refractivity contribution is 5.76. The van der Waals surface area contributed by atoms with Gasteiger partial charge >= 0.3 is 5.97 Å². The molecule has 5 heteroatoms. The summed E-state index contributed by atoms with van der Waals surface area (Å²) in [4.78, 5) is 11.7. The molecule has 1 aliphatic rings. The van der Waals surface area contributed by atoms with E-state index in [1.807, 2.05) is 30.3 Å². The Morgan fingerprint density at radius 1 is 1.24 bits per heavy atom. The van der Waals surface area contributed by atoms with Crippen molar-refractivity contribution in [2.45, 2.75) is 25.5 Å². The molecular formula is C16H21NO4. The molecule has 2 rings (SSSR count). The van der Waals surface area contributed by atoms with Crippen molar-refractivity contribution in [1.82, 2.24) is 5.32 Å². The summed E-state index contributed by atoms with van der Waals surface area (Å²) in [6.07, 6.45) is 2.00. The van der Waals surface area contributed by atoms with Crippen molar-refractivity contribution in [3.63, 3.8) is 0 Å². The summed E-state index contributed by atoms with van der Waals surface area (Å²) < 4.78 is 15.6. The van der Waals surface area contributed by atoms with E-state index < -0.39 is 6.04 Å². The third-order valence-corrected chi connectivity index (χ3v) is 3.17. The molecule has 0 radical (unpaired) electrons. The van der Waals surface area contributed by atoms with E-state index in [9.17, 15) is 4.79 Å². The number of benzene rings is 1. The average Bonchev–Trinajstić information content (AvgIpc) is 3.35. The normalized spacial score (nSPS) is 14.3. The van der Waals surface area contributed by atoms with E-state index in [1.165, 1.54) is 12.7 Å². The highest BCUT2D eigenvalue weighted by Gasteiger charge is 2.25. The van der Waals surface area contributed by atoms with Gasteiger partial charge < -0.3 is 19.5 Å². The zero-order chi connectivity index (χ0) is 15.1. The van der Waals surface area contributed by atoms with Gasteiger partial charge in [-0.25, -0.2) is 4.79 Å². The SMILES string of the molecule is COCC(NC(OCc1ccccc1)=C1CC1)C(=O)OC. The minimum Gasteiger partial charge on any atom is -0.474 e. The maximum absolute atomic E-state index is 11.7. The first-order chi connectivity index (χ1) is 10.2. The van der Waals surface area contributed by atoms with Gasteiger partial charge in [-0.15, -0.1) is 0 Å². The summed E-state index contributed by atoms with van der Waals surface area (Å²) in [6.45, 7) is 0.700. The zero-order valence-corrected chi connectivity index (χ0v) is 12.4. The van der Waals surface area contributed by atoms with Gasteiger partial charge in [-0.3, -0.25) is 0 Å². The quantitative estimate of drug-likeness (QED) is 0.586. The topological polar surface area (TPSA) is 56.8 Å². The summed E-state index contributed by atoms with van der Waals surface area (Å²) in [7, 11) is 2.91. The lowest BCUT2D eigenvalue weighted by Crippen LogP contribution is -2.41. The van der Waals surface area contributed by atoms with Gasteiger partial charge in [-0.05, 0) is 24.0 Å². The van der Waals surface area contributed by atoms with Crippen molar-refractivity contribution < 1.29 is 19.0 Å². The molecular weight excluding hydrogens is 270 g/mol. The van der Waals surface area contributed by atoms with Crippen molar-refractivity contribution in [2.75, 3.05) is 20.8 Å². The minimum atomic E-state index is -0.557. The molecule has 0 aromatic heterocycles. The molecule has 0 saturated heterocycles. The maximum atomic E-state index is 11.7. The fourth-order valence-corrected chi connectivity index (χ4v) is 1.90. The Hall–Kier alpha value is -2.01. The second-order valence-electron chi connectivity index (χ2n) is 4.88. The van der Waals surface area contributed by atoms with Crippen LogP contribution in [0.15, 0.2) is 41.8 Å². The molecule has 1 aromatic carbocycles. The lowest BCUT2D eigenvalue weighted by molar-refractivity contribution is -0.144. The van der Waals surface area contributed by atoms with Crippen LogP contribution in [-0.4, -0.2) is 32.8 Å². The Morgan fingerprint density at radius 3 is 2.52 bits per heavy atom. The number of rotatable bonds is 8. The number of nitrogens with one attached hydrogen (secondary N) is 1. The highest BCUT2D eigenvalue weighted by Crippen LogP contribution is 2.31. The second-order valence-corrected chi connectivity index (χ2v) is 4.88. The Bertz CT molecular complexity index is 492. The van der Waals surface area contributed by atoms with Crippen molar-refractivity contribution in [3.8, 4) is 0 Å². The van der Waals surface area contributed by atoms with E-state index in [0.717, 1.165) is 18.4 Å². The van der Waals surface area contributed by atoms with Gasteiger partial charge in [0.1, 0.15) is 6.61 Å². The monoisotopic (exact) mass is 291 g/mol. The molecule has 1 saturated carbocycles. The molecule has 5 nitrogen and oxygen atoms in total. The van der Waals surface area contributed by atoms with Crippen LogP contribution < -0.4 is 5.32 Å². The molecule has 0 amide bonds. The van der Waals surface area contributed by atoms with Crippen molar-refractivity contribution in [1.29, 1.82) is 0 Å². The molecule has 0 heterocycles. The molecule has 21 heavy (non-hydrogen) atoms. The summed E-state index contributed by atoms with van der Waals surface area (Å²) in [5, 5.41) is 3.10. The number of carbonyl (C=O) groups is 1. The first kappa shape index (κ1) is 15.4. The molecule has 1 N–H and O–H groups in total. The van der Waals surface area contributed by atoms with Gasteiger partial charge in [-0.2, -0.15) is 0 Å². The Labute approximate surface area is 124 Å². The van der Waals surface area contributed by atoms with Crippen LogP contribution in [-0.2, 0) is 25.6 Å². The van der Waals surface area contributed by atoms with E-state index in [4.69, 9.17) is 14.2 Å². The summed E-state index contributed by atoms with van der Waals surface area (Å²) in [5.41, 5.74) is 2.27. The Balaban J connectivity index is 1.96. The van der Waals surface area contributed by atoms with Gasteiger partial charge in [0.25, 0.3) is 0 Å². The Morgan fingerprint density at radius 2 is 1.95 bits per heavy atom. The molecule has 1 aliphatic carbocycles. The van der Waals surface area contributed by atoms with Crippen molar-refractivity contribution in [3.05, 3.63) is 47.4 Å². The molecule has 1 unspecified atom stereocenters. The van der Waals surface area contributed by atoms with Crippen LogP contribution >= 0.6 is 0 Å².